The summed E-state index contributed by atoms with van der Waals surface area (Å²) in [6.45, 7) is 3.76. The summed E-state index contributed by atoms with van der Waals surface area (Å²) in [5.74, 6) is 0.130. The SMILES string of the molecule is CC(C)CS(=O)(=O)Nc1ccc2nc(-c3cccs3)c(-c3cccs3)nc2c1. The predicted octanol–water partition coefficient (Wildman–Crippen LogP) is 5.48. The average Bonchev–Trinajstić information content (AvgIpc) is 3.33. The number of thiophene rings is 2. The Hall–Kier alpha value is -2.29. The van der Waals surface area contributed by atoms with Crippen molar-refractivity contribution in [2.45, 2.75) is 13.8 Å². The number of nitrogens with one attached hydrogen (secondary N) is 1. The van der Waals surface area contributed by atoms with Crippen LogP contribution >= 0.6 is 22.7 Å². The molecule has 0 unspecified atom stereocenters. The first kappa shape index (κ1) is 19.0. The molecule has 0 fully saturated rings. The third kappa shape index (κ3) is 4.09. The fourth-order valence-electron chi connectivity index (χ4n) is 2.95. The number of hydrogen-bond acceptors (Lipinski definition) is 6. The summed E-state index contributed by atoms with van der Waals surface area (Å²) in [5, 5.41) is 4.03. The highest BCUT2D eigenvalue weighted by molar-refractivity contribution is 7.92. The molecule has 5 nitrogen and oxygen atoms in total. The van der Waals surface area contributed by atoms with Gasteiger partial charge in [0.25, 0.3) is 0 Å². The van der Waals surface area contributed by atoms with Gasteiger partial charge in [0.15, 0.2) is 0 Å². The molecule has 3 heterocycles. The fourth-order valence-corrected chi connectivity index (χ4v) is 5.82. The van der Waals surface area contributed by atoms with E-state index in [9.17, 15) is 8.42 Å². The van der Waals surface area contributed by atoms with E-state index in [2.05, 4.69) is 4.72 Å². The number of anilines is 1. The fraction of sp³-hybridized carbons (Fsp3) is 0.200. The normalized spacial score (nSPS) is 12.0. The lowest BCUT2D eigenvalue weighted by Gasteiger charge is -2.11. The van der Waals surface area contributed by atoms with E-state index in [-0.39, 0.29) is 11.7 Å². The number of nitrogens with zero attached hydrogens (tertiary/aromatic N) is 2. The van der Waals surface area contributed by atoms with Crippen LogP contribution in [0.15, 0.2) is 53.2 Å². The van der Waals surface area contributed by atoms with Crippen LogP contribution in [0.3, 0.4) is 0 Å². The molecule has 0 radical (unpaired) electrons. The van der Waals surface area contributed by atoms with Gasteiger partial charge in [0.05, 0.1) is 32.2 Å². The van der Waals surface area contributed by atoms with Crippen LogP contribution in [-0.4, -0.2) is 24.1 Å². The van der Waals surface area contributed by atoms with Crippen LogP contribution in [0.2, 0.25) is 0 Å². The van der Waals surface area contributed by atoms with E-state index in [4.69, 9.17) is 9.97 Å². The zero-order valence-electron chi connectivity index (χ0n) is 15.4. The molecule has 4 rings (SSSR count). The first-order valence-electron chi connectivity index (χ1n) is 8.81. The summed E-state index contributed by atoms with van der Waals surface area (Å²) >= 11 is 3.23. The standard InChI is InChI=1S/C20H19N3O2S3/c1-13(2)12-28(24,25)23-14-7-8-15-16(11-14)22-20(18-6-4-10-27-18)19(21-15)17-5-3-9-26-17/h3-11,13,23H,12H2,1-2H3. The first-order valence-corrected chi connectivity index (χ1v) is 12.2. The molecule has 3 aromatic heterocycles. The molecule has 0 saturated heterocycles. The molecular formula is C20H19N3O2S3. The second kappa shape index (κ2) is 7.62. The maximum atomic E-state index is 12.3. The van der Waals surface area contributed by atoms with Gasteiger partial charge in [-0.15, -0.1) is 22.7 Å². The van der Waals surface area contributed by atoms with Crippen molar-refractivity contribution in [1.82, 2.24) is 9.97 Å². The van der Waals surface area contributed by atoms with Crippen LogP contribution in [-0.2, 0) is 10.0 Å². The minimum absolute atomic E-state index is 0.0523. The Kier molecular flexibility index (Phi) is 5.18. The first-order chi connectivity index (χ1) is 13.4. The summed E-state index contributed by atoms with van der Waals surface area (Å²) in [7, 11) is -3.39. The maximum Gasteiger partial charge on any atom is 0.232 e. The second-order valence-electron chi connectivity index (χ2n) is 6.86. The van der Waals surface area contributed by atoms with Gasteiger partial charge in [0.2, 0.25) is 10.0 Å². The molecule has 0 spiro atoms. The Morgan fingerprint density at radius 3 is 2.07 bits per heavy atom. The molecule has 1 N–H and O–H groups in total. The van der Waals surface area contributed by atoms with Gasteiger partial charge in [-0.3, -0.25) is 4.72 Å². The smallest absolute Gasteiger partial charge is 0.232 e. The quantitative estimate of drug-likeness (QED) is 0.440. The van der Waals surface area contributed by atoms with Crippen LogP contribution in [0.5, 0.6) is 0 Å². The topological polar surface area (TPSA) is 72.0 Å². The van der Waals surface area contributed by atoms with Crippen molar-refractivity contribution in [2.24, 2.45) is 5.92 Å². The van der Waals surface area contributed by atoms with Crippen molar-refractivity contribution in [3.8, 4) is 21.1 Å². The molecule has 0 aliphatic heterocycles. The molecule has 28 heavy (non-hydrogen) atoms. The molecule has 4 aromatic rings. The third-order valence-corrected chi connectivity index (χ3v) is 7.40. The molecular weight excluding hydrogens is 410 g/mol. The molecule has 0 aliphatic rings. The zero-order chi connectivity index (χ0) is 19.7. The molecule has 0 bridgehead atoms. The van der Waals surface area contributed by atoms with Crippen LogP contribution < -0.4 is 4.72 Å². The van der Waals surface area contributed by atoms with Crippen LogP contribution in [0.1, 0.15) is 13.8 Å². The lowest BCUT2D eigenvalue weighted by molar-refractivity contribution is 0.587. The van der Waals surface area contributed by atoms with Crippen LogP contribution in [0, 0.1) is 5.92 Å². The van der Waals surface area contributed by atoms with E-state index in [1.54, 1.807) is 34.8 Å². The highest BCUT2D eigenvalue weighted by atomic mass is 32.2. The number of fused-ring (bicyclic) bond motifs is 1. The van der Waals surface area contributed by atoms with Gasteiger partial charge in [-0.05, 0) is 47.0 Å². The lowest BCUT2D eigenvalue weighted by Crippen LogP contribution is -2.20. The number of sulfonamides is 1. The van der Waals surface area contributed by atoms with E-state index < -0.39 is 10.0 Å². The molecule has 0 aliphatic carbocycles. The minimum atomic E-state index is -3.39. The molecule has 8 heteroatoms. The monoisotopic (exact) mass is 429 g/mol. The van der Waals surface area contributed by atoms with Crippen molar-refractivity contribution in [1.29, 1.82) is 0 Å². The Morgan fingerprint density at radius 1 is 0.929 bits per heavy atom. The van der Waals surface area contributed by atoms with Crippen LogP contribution in [0.25, 0.3) is 32.2 Å². The molecule has 0 saturated carbocycles. The summed E-state index contributed by atoms with van der Waals surface area (Å²) in [5.41, 5.74) is 3.55. The van der Waals surface area contributed by atoms with Crippen molar-refractivity contribution in [3.05, 3.63) is 53.2 Å². The van der Waals surface area contributed by atoms with E-state index in [1.165, 1.54) is 0 Å². The Balaban J connectivity index is 1.81. The highest BCUT2D eigenvalue weighted by Gasteiger charge is 2.17. The van der Waals surface area contributed by atoms with Gasteiger partial charge in [-0.25, -0.2) is 18.4 Å². The largest absolute Gasteiger partial charge is 0.283 e. The van der Waals surface area contributed by atoms with Crippen LogP contribution in [0.4, 0.5) is 5.69 Å². The summed E-state index contributed by atoms with van der Waals surface area (Å²) < 4.78 is 27.2. The summed E-state index contributed by atoms with van der Waals surface area (Å²) in [6.07, 6.45) is 0. The maximum absolute atomic E-state index is 12.3. The molecule has 0 amide bonds. The minimum Gasteiger partial charge on any atom is -0.283 e. The number of rotatable bonds is 6. The zero-order valence-corrected chi connectivity index (χ0v) is 17.9. The lowest BCUT2D eigenvalue weighted by atomic mass is 10.2. The van der Waals surface area contributed by atoms with Crippen molar-refractivity contribution >= 4 is 49.4 Å². The predicted molar refractivity (Wildman–Crippen MR) is 118 cm³/mol. The van der Waals surface area contributed by atoms with E-state index >= 15 is 0 Å². The van der Waals surface area contributed by atoms with Gasteiger partial charge in [-0.1, -0.05) is 26.0 Å². The van der Waals surface area contributed by atoms with Crippen molar-refractivity contribution in [2.75, 3.05) is 10.5 Å². The molecule has 144 valence electrons. The Labute approximate surface area is 172 Å². The van der Waals surface area contributed by atoms with Gasteiger partial charge < -0.3 is 0 Å². The third-order valence-electron chi connectivity index (χ3n) is 4.00. The number of hydrogen-bond donors (Lipinski definition) is 1. The molecule has 0 atom stereocenters. The van der Waals surface area contributed by atoms with Gasteiger partial charge in [0, 0.05) is 0 Å². The van der Waals surface area contributed by atoms with Crippen molar-refractivity contribution < 1.29 is 8.42 Å². The van der Waals surface area contributed by atoms with Crippen molar-refractivity contribution in [3.63, 3.8) is 0 Å². The highest BCUT2D eigenvalue weighted by Crippen LogP contribution is 2.35. The second-order valence-corrected chi connectivity index (χ2v) is 10.5. The van der Waals surface area contributed by atoms with E-state index in [0.717, 1.165) is 26.7 Å². The van der Waals surface area contributed by atoms with Gasteiger partial charge >= 0.3 is 0 Å². The summed E-state index contributed by atoms with van der Waals surface area (Å²) in [4.78, 5) is 11.8. The number of aromatic nitrogens is 2. The van der Waals surface area contributed by atoms with E-state index in [0.29, 0.717) is 11.2 Å². The number of benzene rings is 1. The average molecular weight is 430 g/mol. The Bertz CT molecular complexity index is 1200. The Morgan fingerprint density at radius 2 is 1.54 bits per heavy atom. The van der Waals surface area contributed by atoms with E-state index in [1.807, 2.05) is 54.9 Å². The molecule has 1 aromatic carbocycles. The van der Waals surface area contributed by atoms with Gasteiger partial charge in [-0.2, -0.15) is 0 Å². The van der Waals surface area contributed by atoms with Gasteiger partial charge in [0.1, 0.15) is 11.4 Å². The summed E-state index contributed by atoms with van der Waals surface area (Å²) in [6, 6.07) is 13.3.